The molecule has 2 atom stereocenters. The van der Waals surface area contributed by atoms with Crippen LogP contribution in [0.3, 0.4) is 0 Å². The van der Waals surface area contributed by atoms with Crippen molar-refractivity contribution in [3.05, 3.63) is 29.3 Å². The highest BCUT2D eigenvalue weighted by atomic mass is 16.5. The van der Waals surface area contributed by atoms with Crippen molar-refractivity contribution in [1.82, 2.24) is 10.6 Å². The summed E-state index contributed by atoms with van der Waals surface area (Å²) in [5.74, 6) is 4.92. The second-order valence-electron chi connectivity index (χ2n) is 12.7. The molecule has 0 spiro atoms. The van der Waals surface area contributed by atoms with Crippen molar-refractivity contribution in [1.29, 1.82) is 0 Å². The van der Waals surface area contributed by atoms with E-state index in [1.807, 2.05) is 0 Å². The van der Waals surface area contributed by atoms with Crippen molar-refractivity contribution in [2.75, 3.05) is 7.11 Å². The molecular formula is C30H46N2O. The predicted octanol–water partition coefficient (Wildman–Crippen LogP) is 6.56. The van der Waals surface area contributed by atoms with E-state index in [1.54, 1.807) is 31.9 Å². The number of hydrogen-bond acceptors (Lipinski definition) is 3. The largest absolute Gasteiger partial charge is 0.497 e. The average molecular weight is 451 g/mol. The van der Waals surface area contributed by atoms with Gasteiger partial charge in [-0.25, -0.2) is 0 Å². The minimum atomic E-state index is 0.518. The molecule has 0 radical (unpaired) electrons. The van der Waals surface area contributed by atoms with Gasteiger partial charge in [-0.3, -0.25) is 0 Å². The molecule has 4 bridgehead atoms. The van der Waals surface area contributed by atoms with Crippen molar-refractivity contribution in [2.45, 2.75) is 120 Å². The van der Waals surface area contributed by atoms with E-state index in [2.05, 4.69) is 35.8 Å². The molecule has 0 aromatic heterocycles. The summed E-state index contributed by atoms with van der Waals surface area (Å²) in [6.07, 6.45) is 19.6. The van der Waals surface area contributed by atoms with E-state index >= 15 is 0 Å². The van der Waals surface area contributed by atoms with Crippen LogP contribution in [0.5, 0.6) is 5.75 Å². The molecule has 5 fully saturated rings. The Balaban J connectivity index is 1.12. The van der Waals surface area contributed by atoms with Gasteiger partial charge in [0.25, 0.3) is 0 Å². The Morgan fingerprint density at radius 2 is 1.70 bits per heavy atom. The summed E-state index contributed by atoms with van der Waals surface area (Å²) in [6.45, 7) is 2.31. The SMILES string of the molecule is CCCC[C@H]1Cc2cc(OC)ccc2[C@H](C2CCC(NC34CC5CC(CC(C5)C3)C4)CC2)N1. The molecule has 5 aliphatic carbocycles. The minimum absolute atomic E-state index is 0.518. The molecule has 1 aliphatic heterocycles. The molecule has 7 rings (SSSR count). The maximum absolute atomic E-state index is 5.58. The standard InChI is InChI=1S/C30H46N2O/c1-3-4-5-26-15-24-16-27(33-2)10-11-28(24)29(31-26)23-6-8-25(9-7-23)32-30-17-20-12-21(18-30)14-22(13-20)19-30/h10-11,16,20-23,25-26,29,31-32H,3-9,12-15,17-19H2,1-2H3/t20?,21?,22?,23?,25?,26-,29-,30?/m0/s1. The Bertz CT molecular complexity index is 791. The molecule has 3 heteroatoms. The molecule has 6 aliphatic rings. The third-order valence-electron chi connectivity index (χ3n) is 10.3. The van der Waals surface area contributed by atoms with E-state index in [9.17, 15) is 0 Å². The molecule has 0 saturated heterocycles. The molecule has 1 heterocycles. The lowest BCUT2D eigenvalue weighted by Crippen LogP contribution is -2.61. The number of benzene rings is 1. The third-order valence-corrected chi connectivity index (χ3v) is 10.3. The zero-order valence-corrected chi connectivity index (χ0v) is 21.1. The topological polar surface area (TPSA) is 33.3 Å². The maximum atomic E-state index is 5.58. The number of hydrogen-bond donors (Lipinski definition) is 2. The Labute approximate surface area is 201 Å². The Hall–Kier alpha value is -1.06. The monoisotopic (exact) mass is 450 g/mol. The molecule has 0 amide bonds. The van der Waals surface area contributed by atoms with Crippen molar-refractivity contribution < 1.29 is 4.74 Å². The summed E-state index contributed by atoms with van der Waals surface area (Å²) in [5.41, 5.74) is 3.61. The molecule has 33 heavy (non-hydrogen) atoms. The molecule has 1 aromatic rings. The normalized spacial score (nSPS) is 41.7. The van der Waals surface area contributed by atoms with E-state index in [-0.39, 0.29) is 0 Å². The van der Waals surface area contributed by atoms with E-state index < -0.39 is 0 Å². The second kappa shape index (κ2) is 9.19. The van der Waals surface area contributed by atoms with E-state index in [0.29, 0.717) is 17.6 Å². The van der Waals surface area contributed by atoms with Gasteiger partial charge in [-0.05, 0) is 124 Å². The molecule has 3 nitrogen and oxygen atoms in total. The van der Waals surface area contributed by atoms with Gasteiger partial charge < -0.3 is 15.4 Å². The van der Waals surface area contributed by atoms with Crippen LogP contribution >= 0.6 is 0 Å². The van der Waals surface area contributed by atoms with E-state index in [1.165, 1.54) is 69.8 Å². The maximum Gasteiger partial charge on any atom is 0.119 e. The number of ether oxygens (including phenoxy) is 1. The zero-order valence-electron chi connectivity index (χ0n) is 21.1. The van der Waals surface area contributed by atoms with Gasteiger partial charge in [0, 0.05) is 23.7 Å². The van der Waals surface area contributed by atoms with Crippen LogP contribution in [0.25, 0.3) is 0 Å². The highest BCUT2D eigenvalue weighted by Crippen LogP contribution is 2.56. The summed E-state index contributed by atoms with van der Waals surface area (Å²) in [6, 6.07) is 8.77. The minimum Gasteiger partial charge on any atom is -0.497 e. The molecule has 1 aromatic carbocycles. The summed E-state index contributed by atoms with van der Waals surface area (Å²) in [4.78, 5) is 0. The van der Waals surface area contributed by atoms with Gasteiger partial charge in [-0.2, -0.15) is 0 Å². The number of fused-ring (bicyclic) bond motifs is 1. The number of unbranched alkanes of at least 4 members (excludes halogenated alkanes) is 1. The Morgan fingerprint density at radius 1 is 1.00 bits per heavy atom. The smallest absolute Gasteiger partial charge is 0.119 e. The molecular weight excluding hydrogens is 404 g/mol. The summed E-state index contributed by atoms with van der Waals surface area (Å²) in [7, 11) is 1.80. The second-order valence-corrected chi connectivity index (χ2v) is 12.7. The lowest BCUT2D eigenvalue weighted by molar-refractivity contribution is -0.0285. The highest BCUT2D eigenvalue weighted by Gasteiger charge is 2.51. The fourth-order valence-corrected chi connectivity index (χ4v) is 9.20. The van der Waals surface area contributed by atoms with Crippen LogP contribution in [-0.4, -0.2) is 24.7 Å². The van der Waals surface area contributed by atoms with Crippen molar-refractivity contribution in [3.8, 4) is 5.75 Å². The lowest BCUT2D eigenvalue weighted by Gasteiger charge is -2.58. The van der Waals surface area contributed by atoms with Gasteiger partial charge >= 0.3 is 0 Å². The van der Waals surface area contributed by atoms with E-state index in [0.717, 1.165) is 41.9 Å². The van der Waals surface area contributed by atoms with Crippen LogP contribution in [0.1, 0.15) is 108 Å². The number of methoxy groups -OCH3 is 1. The average Bonchev–Trinajstić information content (AvgIpc) is 2.81. The van der Waals surface area contributed by atoms with Crippen molar-refractivity contribution in [2.24, 2.45) is 23.7 Å². The fourth-order valence-electron chi connectivity index (χ4n) is 9.20. The third kappa shape index (κ3) is 4.49. The van der Waals surface area contributed by atoms with Crippen LogP contribution in [0.2, 0.25) is 0 Å². The van der Waals surface area contributed by atoms with Gasteiger partial charge in [0.2, 0.25) is 0 Å². The summed E-state index contributed by atoms with van der Waals surface area (Å²) in [5, 5.41) is 8.45. The Morgan fingerprint density at radius 3 is 2.33 bits per heavy atom. The van der Waals surface area contributed by atoms with Crippen LogP contribution in [0, 0.1) is 23.7 Å². The first-order valence-corrected chi connectivity index (χ1v) is 14.3. The van der Waals surface area contributed by atoms with E-state index in [4.69, 9.17) is 4.74 Å². The first-order valence-electron chi connectivity index (χ1n) is 14.3. The quantitative estimate of drug-likeness (QED) is 0.494. The molecule has 0 unspecified atom stereocenters. The van der Waals surface area contributed by atoms with Gasteiger partial charge in [-0.15, -0.1) is 0 Å². The van der Waals surface area contributed by atoms with Crippen LogP contribution < -0.4 is 15.4 Å². The van der Waals surface area contributed by atoms with Crippen LogP contribution in [0.4, 0.5) is 0 Å². The van der Waals surface area contributed by atoms with Gasteiger partial charge in [-0.1, -0.05) is 25.8 Å². The van der Waals surface area contributed by atoms with Crippen molar-refractivity contribution in [3.63, 3.8) is 0 Å². The van der Waals surface area contributed by atoms with Gasteiger partial charge in [0.15, 0.2) is 0 Å². The Kier molecular flexibility index (Phi) is 6.24. The van der Waals surface area contributed by atoms with Gasteiger partial charge in [0.1, 0.15) is 5.75 Å². The molecule has 5 saturated carbocycles. The number of nitrogens with one attached hydrogen (secondary N) is 2. The summed E-state index contributed by atoms with van der Waals surface area (Å²) >= 11 is 0. The lowest BCUT2D eigenvalue weighted by atomic mass is 9.53. The first kappa shape index (κ1) is 22.4. The number of rotatable bonds is 7. The first-order chi connectivity index (χ1) is 16.1. The zero-order chi connectivity index (χ0) is 22.4. The van der Waals surface area contributed by atoms with Gasteiger partial charge in [0.05, 0.1) is 7.11 Å². The highest BCUT2D eigenvalue weighted by molar-refractivity contribution is 5.40. The fraction of sp³-hybridized carbons (Fsp3) is 0.800. The predicted molar refractivity (Wildman–Crippen MR) is 136 cm³/mol. The molecule has 2 N–H and O–H groups in total. The molecule has 182 valence electrons. The van der Waals surface area contributed by atoms with Crippen LogP contribution in [-0.2, 0) is 6.42 Å². The van der Waals surface area contributed by atoms with Crippen LogP contribution in [0.15, 0.2) is 18.2 Å². The summed E-state index contributed by atoms with van der Waals surface area (Å²) < 4.78 is 5.58. The van der Waals surface area contributed by atoms with Crippen molar-refractivity contribution >= 4 is 0 Å².